The molecular weight excluding hydrogens is 506 g/mol. The molecule has 5 rings (SSSR count). The minimum absolute atomic E-state index is 0.0349. The lowest BCUT2D eigenvalue weighted by Gasteiger charge is -2.14. The Morgan fingerprint density at radius 1 is 0.925 bits per heavy atom. The second kappa shape index (κ2) is 12.8. The van der Waals surface area contributed by atoms with Crippen LogP contribution in [0.3, 0.4) is 0 Å². The molecule has 0 saturated heterocycles. The average molecular weight is 538 g/mol. The number of hydrogen-bond donors (Lipinski definition) is 0. The van der Waals surface area contributed by atoms with Crippen LogP contribution in [0.4, 0.5) is 0 Å². The first kappa shape index (κ1) is 26.8. The van der Waals surface area contributed by atoms with Gasteiger partial charge in [-0.1, -0.05) is 37.6 Å². The minimum atomic E-state index is -0.0349. The van der Waals surface area contributed by atoms with Crippen molar-refractivity contribution < 1.29 is 4.74 Å². The summed E-state index contributed by atoms with van der Waals surface area (Å²) in [5, 5.41) is 11.5. The molecule has 204 valence electrons. The predicted molar refractivity (Wildman–Crippen MR) is 149 cm³/mol. The van der Waals surface area contributed by atoms with Gasteiger partial charge < -0.3 is 4.74 Å². The third-order valence-corrected chi connectivity index (χ3v) is 6.46. The Labute approximate surface area is 232 Å². The van der Waals surface area contributed by atoms with E-state index in [1.807, 2.05) is 49.4 Å². The second-order valence-electron chi connectivity index (χ2n) is 9.24. The van der Waals surface area contributed by atoms with Crippen LogP contribution in [0.15, 0.2) is 72.2 Å². The number of para-hydroxylation sites is 1. The quantitative estimate of drug-likeness (QED) is 0.234. The fraction of sp³-hybridized carbons (Fsp3) is 0.310. The van der Waals surface area contributed by atoms with E-state index in [0.29, 0.717) is 49.6 Å². The van der Waals surface area contributed by atoms with E-state index in [1.165, 1.54) is 0 Å². The Kier molecular flexibility index (Phi) is 8.60. The molecule has 0 N–H and O–H groups in total. The number of nitrogens with zero attached hydrogens (tertiary/aromatic N) is 9. The minimum Gasteiger partial charge on any atom is -0.491 e. The van der Waals surface area contributed by atoms with E-state index in [-0.39, 0.29) is 5.56 Å². The van der Waals surface area contributed by atoms with Gasteiger partial charge >= 0.3 is 0 Å². The van der Waals surface area contributed by atoms with E-state index in [1.54, 1.807) is 34.2 Å². The maximum atomic E-state index is 13.6. The highest BCUT2D eigenvalue weighted by Crippen LogP contribution is 2.25. The zero-order valence-corrected chi connectivity index (χ0v) is 22.6. The normalized spacial score (nSPS) is 11.1. The molecule has 0 atom stereocenters. The first-order chi connectivity index (χ1) is 19.7. The zero-order chi connectivity index (χ0) is 27.7. The largest absolute Gasteiger partial charge is 0.491 e. The Bertz CT molecular complexity index is 1600. The molecule has 0 aliphatic rings. The lowest BCUT2D eigenvalue weighted by Crippen LogP contribution is -2.29. The molecule has 11 heteroatoms. The summed E-state index contributed by atoms with van der Waals surface area (Å²) < 4.78 is 8.83. The van der Waals surface area contributed by atoms with Gasteiger partial charge in [0.1, 0.15) is 18.0 Å². The van der Waals surface area contributed by atoms with Crippen LogP contribution in [0.1, 0.15) is 49.6 Å². The Morgan fingerprint density at radius 3 is 2.55 bits per heavy atom. The van der Waals surface area contributed by atoms with E-state index in [9.17, 15) is 4.79 Å². The Balaban J connectivity index is 1.38. The van der Waals surface area contributed by atoms with Gasteiger partial charge in [-0.3, -0.25) is 14.3 Å². The highest BCUT2D eigenvalue weighted by Gasteiger charge is 2.14. The van der Waals surface area contributed by atoms with E-state index in [2.05, 4.69) is 32.4 Å². The molecule has 0 unspecified atom stereocenters. The highest BCUT2D eigenvalue weighted by molar-refractivity contribution is 5.69. The van der Waals surface area contributed by atoms with Crippen molar-refractivity contribution in [3.05, 3.63) is 101 Å². The Hall–Kier alpha value is -4.80. The lowest BCUT2D eigenvalue weighted by atomic mass is 10.1. The van der Waals surface area contributed by atoms with Gasteiger partial charge in [-0.25, -0.2) is 15.0 Å². The SMILES string of the molecule is CCCCn1c(CCc2ncc(OCC)cn2)ncc(Cc2cccc(-c3ccccc3-n3cnnn3)n2)c1=O. The van der Waals surface area contributed by atoms with Gasteiger partial charge in [0.05, 0.1) is 30.4 Å². The summed E-state index contributed by atoms with van der Waals surface area (Å²) >= 11 is 0. The van der Waals surface area contributed by atoms with Gasteiger partial charge in [0, 0.05) is 48.8 Å². The molecule has 4 heterocycles. The standard InChI is InChI=1S/C29H31N9O2/c1-3-5-15-37-28(14-13-27-30-18-23(19-31-27)40-4-2)32-17-21(29(37)39)16-22-9-8-11-25(34-22)24-10-6-7-12-26(24)38-20-33-35-36-38/h6-12,17-20H,3-5,13-16H2,1-2H3. The van der Waals surface area contributed by atoms with Crippen molar-refractivity contribution >= 4 is 0 Å². The third kappa shape index (κ3) is 6.25. The van der Waals surface area contributed by atoms with Gasteiger partial charge in [-0.05, 0) is 42.0 Å². The van der Waals surface area contributed by atoms with Gasteiger partial charge in [-0.2, -0.15) is 4.68 Å². The van der Waals surface area contributed by atoms with Gasteiger partial charge in [-0.15, -0.1) is 5.10 Å². The van der Waals surface area contributed by atoms with Gasteiger partial charge in [0.2, 0.25) is 0 Å². The van der Waals surface area contributed by atoms with Crippen molar-refractivity contribution in [2.75, 3.05) is 6.61 Å². The maximum absolute atomic E-state index is 13.6. The molecule has 11 nitrogen and oxygen atoms in total. The lowest BCUT2D eigenvalue weighted by molar-refractivity contribution is 0.337. The molecule has 4 aromatic heterocycles. The molecule has 5 aromatic rings. The Morgan fingerprint density at radius 2 is 1.77 bits per heavy atom. The maximum Gasteiger partial charge on any atom is 0.257 e. The summed E-state index contributed by atoms with van der Waals surface area (Å²) in [5.41, 5.74) is 3.84. The zero-order valence-electron chi connectivity index (χ0n) is 22.6. The summed E-state index contributed by atoms with van der Waals surface area (Å²) in [7, 11) is 0. The summed E-state index contributed by atoms with van der Waals surface area (Å²) in [5.74, 6) is 2.06. The molecule has 0 aliphatic carbocycles. The van der Waals surface area contributed by atoms with Crippen LogP contribution in [-0.2, 0) is 25.8 Å². The number of pyridine rings is 1. The van der Waals surface area contributed by atoms with Crippen LogP contribution in [0.5, 0.6) is 5.75 Å². The fourth-order valence-corrected chi connectivity index (χ4v) is 4.46. The molecule has 0 bridgehead atoms. The number of tetrazole rings is 1. The molecule has 0 spiro atoms. The summed E-state index contributed by atoms with van der Waals surface area (Å²) in [6.07, 6.45) is 9.97. The number of hydrogen-bond acceptors (Lipinski definition) is 9. The van der Waals surface area contributed by atoms with Gasteiger partial charge in [0.15, 0.2) is 5.75 Å². The van der Waals surface area contributed by atoms with E-state index >= 15 is 0 Å². The van der Waals surface area contributed by atoms with Crippen LogP contribution in [0.2, 0.25) is 0 Å². The number of unbranched alkanes of at least 4 members (excludes halogenated alkanes) is 1. The van der Waals surface area contributed by atoms with Crippen molar-refractivity contribution in [1.82, 2.24) is 44.7 Å². The van der Waals surface area contributed by atoms with E-state index < -0.39 is 0 Å². The summed E-state index contributed by atoms with van der Waals surface area (Å²) in [6.45, 7) is 5.21. The first-order valence-electron chi connectivity index (χ1n) is 13.5. The predicted octanol–water partition coefficient (Wildman–Crippen LogP) is 3.65. The van der Waals surface area contributed by atoms with Crippen LogP contribution < -0.4 is 10.3 Å². The number of ether oxygens (including phenoxy) is 1. The van der Waals surface area contributed by atoms with Crippen molar-refractivity contribution in [3.8, 4) is 22.7 Å². The van der Waals surface area contributed by atoms with Gasteiger partial charge in [0.25, 0.3) is 5.56 Å². The smallest absolute Gasteiger partial charge is 0.257 e. The van der Waals surface area contributed by atoms with Crippen molar-refractivity contribution in [2.24, 2.45) is 0 Å². The topological polar surface area (TPSA) is 126 Å². The highest BCUT2D eigenvalue weighted by atomic mass is 16.5. The van der Waals surface area contributed by atoms with E-state index in [4.69, 9.17) is 14.7 Å². The molecule has 0 radical (unpaired) electrons. The van der Waals surface area contributed by atoms with Crippen molar-refractivity contribution in [1.29, 1.82) is 0 Å². The molecule has 0 aliphatic heterocycles. The fourth-order valence-electron chi connectivity index (χ4n) is 4.46. The van der Waals surface area contributed by atoms with Crippen molar-refractivity contribution in [2.45, 2.75) is 52.5 Å². The number of aryl methyl sites for hydroxylation is 2. The monoisotopic (exact) mass is 537 g/mol. The van der Waals surface area contributed by atoms with E-state index in [0.717, 1.165) is 41.3 Å². The van der Waals surface area contributed by atoms with Crippen LogP contribution in [0.25, 0.3) is 16.9 Å². The molecular formula is C29H31N9O2. The summed E-state index contributed by atoms with van der Waals surface area (Å²) in [6, 6.07) is 13.6. The molecule has 1 aromatic carbocycles. The number of rotatable bonds is 12. The molecule has 0 saturated carbocycles. The van der Waals surface area contributed by atoms with Crippen LogP contribution in [0, 0.1) is 0 Å². The average Bonchev–Trinajstić information content (AvgIpc) is 3.53. The number of benzene rings is 1. The first-order valence-corrected chi connectivity index (χ1v) is 13.5. The molecule has 40 heavy (non-hydrogen) atoms. The van der Waals surface area contributed by atoms with Crippen molar-refractivity contribution in [3.63, 3.8) is 0 Å². The van der Waals surface area contributed by atoms with Crippen LogP contribution in [-0.4, -0.2) is 51.3 Å². The number of aromatic nitrogens is 9. The third-order valence-electron chi connectivity index (χ3n) is 6.46. The van der Waals surface area contributed by atoms with Crippen LogP contribution >= 0.6 is 0 Å². The molecule has 0 fully saturated rings. The molecule has 0 amide bonds. The second-order valence-corrected chi connectivity index (χ2v) is 9.24. The summed E-state index contributed by atoms with van der Waals surface area (Å²) in [4.78, 5) is 32.0.